The Morgan fingerprint density at radius 2 is 0.690 bits per heavy atom. The van der Waals surface area contributed by atoms with Crippen LogP contribution in [-0.4, -0.2) is 40.9 Å². The molecule has 4 nitrogen and oxygen atoms in total. The van der Waals surface area contributed by atoms with Crippen molar-refractivity contribution in [3.63, 3.8) is 0 Å². The summed E-state index contributed by atoms with van der Waals surface area (Å²) in [6, 6.07) is 0. The topological polar surface area (TPSA) is 60.8 Å². The van der Waals surface area contributed by atoms with Gasteiger partial charge in [-0.05, 0) is 38.9 Å². The largest absolute Gasteiger partial charge is 0.503 e. The molecule has 0 aromatic carbocycles. The molecule has 0 atom stereocenters. The molecule has 0 heterocycles. The van der Waals surface area contributed by atoms with E-state index < -0.39 is 6.16 Å². The quantitative estimate of drug-likeness (QED) is 0.184. The minimum Gasteiger partial charge on any atom is -0.450 e. The molecular weight excluding hydrogens is 362 g/mol. The fourth-order valence-electron chi connectivity index (χ4n) is 3.68. The maximum atomic E-state index is 8.56. The number of nitrogens with zero attached hydrogens (tertiary/aromatic N) is 1. The summed E-state index contributed by atoms with van der Waals surface area (Å²) >= 11 is 0. The van der Waals surface area contributed by atoms with Crippen LogP contribution in [0.4, 0.5) is 4.79 Å². The molecule has 0 saturated heterocycles. The molecule has 0 aromatic rings. The van der Waals surface area contributed by atoms with Gasteiger partial charge < -0.3 is 15.1 Å². The van der Waals surface area contributed by atoms with E-state index in [1.807, 2.05) is 0 Å². The zero-order chi connectivity index (χ0) is 22.0. The first-order valence-corrected chi connectivity index (χ1v) is 12.7. The molecule has 4 heteroatoms. The number of unbranched alkanes of at least 4 members (excludes halogenated alkanes) is 15. The molecule has 29 heavy (non-hydrogen) atoms. The summed E-state index contributed by atoms with van der Waals surface area (Å²) in [5, 5.41) is 13.9. The predicted octanol–water partition coefficient (Wildman–Crippen LogP) is 8.59. The lowest BCUT2D eigenvalue weighted by Crippen LogP contribution is -2.27. The maximum absolute atomic E-state index is 8.56. The second kappa shape index (κ2) is 27.2. The van der Waals surface area contributed by atoms with Gasteiger partial charge in [0, 0.05) is 0 Å². The molecule has 0 rings (SSSR count). The summed E-state index contributed by atoms with van der Waals surface area (Å²) in [4.78, 5) is 11.3. The molecule has 176 valence electrons. The monoisotopic (exact) mass is 415 g/mol. The number of hydrogen-bond donors (Lipinski definition) is 2. The number of carbonyl (C=O) groups is 1. The molecule has 0 unspecified atom stereocenters. The van der Waals surface area contributed by atoms with Crippen molar-refractivity contribution in [2.45, 2.75) is 136 Å². The van der Waals surface area contributed by atoms with Gasteiger partial charge >= 0.3 is 6.16 Å². The van der Waals surface area contributed by atoms with Crippen LogP contribution < -0.4 is 0 Å². The van der Waals surface area contributed by atoms with Crippen molar-refractivity contribution in [3.8, 4) is 0 Å². The average Bonchev–Trinajstić information content (AvgIpc) is 2.68. The van der Waals surface area contributed by atoms with Gasteiger partial charge in [0.15, 0.2) is 0 Å². The van der Waals surface area contributed by atoms with Crippen molar-refractivity contribution in [3.05, 3.63) is 0 Å². The Morgan fingerprint density at radius 3 is 0.931 bits per heavy atom. The van der Waals surface area contributed by atoms with E-state index in [2.05, 4.69) is 25.7 Å². The Morgan fingerprint density at radius 1 is 0.483 bits per heavy atom. The van der Waals surface area contributed by atoms with E-state index in [0.717, 1.165) is 0 Å². The molecule has 0 saturated carbocycles. The third-order valence-electron chi connectivity index (χ3n) is 5.48. The molecule has 0 amide bonds. The van der Waals surface area contributed by atoms with E-state index in [1.54, 1.807) is 0 Å². The molecule has 2 N–H and O–H groups in total. The van der Waals surface area contributed by atoms with Crippen molar-refractivity contribution >= 4 is 6.16 Å². The fourth-order valence-corrected chi connectivity index (χ4v) is 3.68. The second-order valence-corrected chi connectivity index (χ2v) is 8.43. The average molecular weight is 416 g/mol. The first-order chi connectivity index (χ1) is 14.1. The smallest absolute Gasteiger partial charge is 0.450 e. The molecule has 0 aliphatic carbocycles. The van der Waals surface area contributed by atoms with E-state index >= 15 is 0 Å². The van der Waals surface area contributed by atoms with Crippen LogP contribution in [0.25, 0.3) is 0 Å². The minimum absolute atomic E-state index is 1.36. The SMILES string of the molecule is CCCCCCCCN(CCCCCCCC)CCCCCCCC.O=C(O)O. The number of rotatable bonds is 21. The third kappa shape index (κ3) is 32.1. The highest BCUT2D eigenvalue weighted by Gasteiger charge is 2.05. The molecule has 0 radical (unpaired) electrons. The van der Waals surface area contributed by atoms with Crippen LogP contribution in [0.5, 0.6) is 0 Å². The molecule has 0 aromatic heterocycles. The Hall–Kier alpha value is -0.770. The van der Waals surface area contributed by atoms with Gasteiger partial charge in [-0.25, -0.2) is 4.79 Å². The van der Waals surface area contributed by atoms with Gasteiger partial charge in [0.1, 0.15) is 0 Å². The second-order valence-electron chi connectivity index (χ2n) is 8.43. The van der Waals surface area contributed by atoms with Gasteiger partial charge in [0.05, 0.1) is 0 Å². The van der Waals surface area contributed by atoms with Crippen LogP contribution in [0.15, 0.2) is 0 Å². The molecular formula is C25H53NO3. The summed E-state index contributed by atoms with van der Waals surface area (Å²) in [5.41, 5.74) is 0. The highest BCUT2D eigenvalue weighted by Crippen LogP contribution is 2.11. The van der Waals surface area contributed by atoms with Gasteiger partial charge in [0.2, 0.25) is 0 Å². The van der Waals surface area contributed by atoms with Crippen molar-refractivity contribution in [2.75, 3.05) is 19.6 Å². The van der Waals surface area contributed by atoms with Crippen LogP contribution in [0.3, 0.4) is 0 Å². The van der Waals surface area contributed by atoms with Gasteiger partial charge in [-0.3, -0.25) is 0 Å². The lowest BCUT2D eigenvalue weighted by Gasteiger charge is -2.22. The molecule has 0 aliphatic heterocycles. The van der Waals surface area contributed by atoms with Crippen molar-refractivity contribution in [1.82, 2.24) is 4.90 Å². The normalized spacial score (nSPS) is 10.8. The Labute approximate surface area is 182 Å². The van der Waals surface area contributed by atoms with Gasteiger partial charge in [-0.15, -0.1) is 0 Å². The van der Waals surface area contributed by atoms with Crippen LogP contribution in [0.1, 0.15) is 136 Å². The molecule has 0 bridgehead atoms. The van der Waals surface area contributed by atoms with Crippen LogP contribution in [0, 0.1) is 0 Å². The summed E-state index contributed by atoms with van der Waals surface area (Å²) < 4.78 is 0. The molecule has 0 aliphatic rings. The van der Waals surface area contributed by atoms with E-state index in [0.29, 0.717) is 0 Å². The van der Waals surface area contributed by atoms with Crippen molar-refractivity contribution in [2.24, 2.45) is 0 Å². The Balaban J connectivity index is 0. The van der Waals surface area contributed by atoms with Crippen molar-refractivity contribution in [1.29, 1.82) is 0 Å². The summed E-state index contributed by atoms with van der Waals surface area (Å²) in [6.07, 6.45) is 23.9. The standard InChI is InChI=1S/C24H51N.CH2O3/c1-4-7-10-13-16-19-22-25(23-20-17-14-11-8-5-2)24-21-18-15-12-9-6-3;2-1(3)4/h4-24H2,1-3H3;(H2,2,3,4). The minimum atomic E-state index is -1.83. The van der Waals surface area contributed by atoms with E-state index in [1.165, 1.54) is 135 Å². The summed E-state index contributed by atoms with van der Waals surface area (Å²) in [5.74, 6) is 0. The zero-order valence-electron chi connectivity index (χ0n) is 20.1. The van der Waals surface area contributed by atoms with Crippen LogP contribution in [0.2, 0.25) is 0 Å². The lowest BCUT2D eigenvalue weighted by molar-refractivity contribution is 0.137. The van der Waals surface area contributed by atoms with Gasteiger partial charge in [0.25, 0.3) is 0 Å². The summed E-state index contributed by atoms with van der Waals surface area (Å²) in [7, 11) is 0. The van der Waals surface area contributed by atoms with Crippen molar-refractivity contribution < 1.29 is 15.0 Å². The van der Waals surface area contributed by atoms with Gasteiger partial charge in [-0.1, -0.05) is 117 Å². The Bertz CT molecular complexity index is 268. The number of hydrogen-bond acceptors (Lipinski definition) is 2. The highest BCUT2D eigenvalue weighted by atomic mass is 16.6. The third-order valence-corrected chi connectivity index (χ3v) is 5.48. The van der Waals surface area contributed by atoms with Gasteiger partial charge in [-0.2, -0.15) is 0 Å². The highest BCUT2D eigenvalue weighted by molar-refractivity contribution is 5.53. The zero-order valence-corrected chi connectivity index (χ0v) is 20.1. The maximum Gasteiger partial charge on any atom is 0.503 e. The summed E-state index contributed by atoms with van der Waals surface area (Å²) in [6.45, 7) is 11.0. The lowest BCUT2D eigenvalue weighted by atomic mass is 10.1. The van der Waals surface area contributed by atoms with E-state index in [9.17, 15) is 0 Å². The van der Waals surface area contributed by atoms with E-state index in [-0.39, 0.29) is 0 Å². The van der Waals surface area contributed by atoms with Crippen LogP contribution in [-0.2, 0) is 0 Å². The fraction of sp³-hybridized carbons (Fsp3) is 0.960. The van der Waals surface area contributed by atoms with Crippen LogP contribution >= 0.6 is 0 Å². The predicted molar refractivity (Wildman–Crippen MR) is 127 cm³/mol. The first-order valence-electron chi connectivity index (χ1n) is 12.7. The first kappa shape index (κ1) is 30.4. The Kier molecular flexibility index (Phi) is 28.6. The molecule has 0 fully saturated rings. The number of carboxylic acid groups (broad SMARTS) is 2. The van der Waals surface area contributed by atoms with E-state index in [4.69, 9.17) is 15.0 Å². The molecule has 0 spiro atoms.